The van der Waals surface area contributed by atoms with Crippen molar-refractivity contribution in [2.45, 2.75) is 16.9 Å². The quantitative estimate of drug-likeness (QED) is 0.664. The van der Waals surface area contributed by atoms with Gasteiger partial charge in [-0.1, -0.05) is 53.2 Å². The summed E-state index contributed by atoms with van der Waals surface area (Å²) in [5.74, 6) is 5.68. The zero-order chi connectivity index (χ0) is 12.0. The maximum Gasteiger partial charge on any atom is 0.156 e. The third-order valence-electron chi connectivity index (χ3n) is 1.95. The Morgan fingerprint density at radius 1 is 1.25 bits per heavy atom. The first-order valence-electron chi connectivity index (χ1n) is 4.75. The van der Waals surface area contributed by atoms with Crippen molar-refractivity contribution >= 4 is 34.8 Å². The largest absolute Gasteiger partial charge is 0.377 e. The molecule has 0 aromatic heterocycles. The van der Waals surface area contributed by atoms with Gasteiger partial charge in [-0.15, -0.1) is 11.6 Å². The summed E-state index contributed by atoms with van der Waals surface area (Å²) in [6.07, 6.45) is -0.836. The Morgan fingerprint density at radius 3 is 2.44 bits per heavy atom. The van der Waals surface area contributed by atoms with Crippen LogP contribution >= 0.6 is 34.8 Å². The molecule has 0 amide bonds. The average molecular weight is 278 g/mol. The standard InChI is InChI=1S/C12H11Cl3O/c13-9-8-12(14,15)11(16)7-6-10-4-2-1-3-5-10/h1-5,11,16H,8-9H2/t11-/m1/s1. The summed E-state index contributed by atoms with van der Waals surface area (Å²) in [4.78, 5) is 0. The van der Waals surface area contributed by atoms with Gasteiger partial charge >= 0.3 is 0 Å². The minimum Gasteiger partial charge on any atom is -0.377 e. The lowest BCUT2D eigenvalue weighted by Crippen LogP contribution is -2.30. The van der Waals surface area contributed by atoms with Crippen LogP contribution < -0.4 is 0 Å². The van der Waals surface area contributed by atoms with Crippen LogP contribution in [0.5, 0.6) is 0 Å². The van der Waals surface area contributed by atoms with Crippen LogP contribution in [0.4, 0.5) is 0 Å². The first kappa shape index (κ1) is 13.7. The van der Waals surface area contributed by atoms with Crippen molar-refractivity contribution in [3.05, 3.63) is 35.9 Å². The molecule has 1 aromatic rings. The second kappa shape index (κ2) is 6.37. The van der Waals surface area contributed by atoms with Crippen molar-refractivity contribution in [3.63, 3.8) is 0 Å². The predicted octanol–water partition coefficient (Wildman–Crippen LogP) is 3.20. The molecular formula is C12H11Cl3O. The molecule has 1 nitrogen and oxygen atoms in total. The van der Waals surface area contributed by atoms with E-state index in [0.717, 1.165) is 5.56 Å². The number of hydrogen-bond donors (Lipinski definition) is 1. The lowest BCUT2D eigenvalue weighted by Gasteiger charge is -2.20. The van der Waals surface area contributed by atoms with Crippen LogP contribution in [-0.2, 0) is 0 Å². The molecule has 0 saturated heterocycles. The third-order valence-corrected chi connectivity index (χ3v) is 2.94. The second-order valence-corrected chi connectivity index (χ2v) is 5.16. The maximum atomic E-state index is 9.67. The fraction of sp³-hybridized carbons (Fsp3) is 0.333. The molecular weight excluding hydrogens is 266 g/mol. The number of halogens is 3. The molecule has 0 aliphatic rings. The topological polar surface area (TPSA) is 20.2 Å². The van der Waals surface area contributed by atoms with Crippen LogP contribution in [0.1, 0.15) is 12.0 Å². The first-order chi connectivity index (χ1) is 7.56. The Bertz CT molecular complexity index is 378. The minimum absolute atomic E-state index is 0.275. The summed E-state index contributed by atoms with van der Waals surface area (Å²) < 4.78 is -1.32. The average Bonchev–Trinajstić information content (AvgIpc) is 2.27. The van der Waals surface area contributed by atoms with E-state index in [0.29, 0.717) is 0 Å². The van der Waals surface area contributed by atoms with Gasteiger partial charge in [0, 0.05) is 11.4 Å². The summed E-state index contributed by atoms with van der Waals surface area (Å²) in [5.41, 5.74) is 0.802. The van der Waals surface area contributed by atoms with E-state index in [4.69, 9.17) is 34.8 Å². The molecule has 1 rings (SSSR count). The Balaban J connectivity index is 2.71. The zero-order valence-electron chi connectivity index (χ0n) is 8.46. The maximum absolute atomic E-state index is 9.67. The SMILES string of the molecule is O[C@H](C#Cc1ccccc1)C(Cl)(Cl)CCCl. The van der Waals surface area contributed by atoms with Gasteiger partial charge in [0.05, 0.1) is 0 Å². The number of rotatable bonds is 3. The van der Waals surface area contributed by atoms with Gasteiger partial charge in [-0.25, -0.2) is 0 Å². The zero-order valence-corrected chi connectivity index (χ0v) is 10.7. The van der Waals surface area contributed by atoms with E-state index in [9.17, 15) is 5.11 Å². The van der Waals surface area contributed by atoms with Gasteiger partial charge in [0.25, 0.3) is 0 Å². The summed E-state index contributed by atoms with van der Waals surface area (Å²) in [5, 5.41) is 9.67. The molecule has 0 aliphatic heterocycles. The molecule has 0 heterocycles. The van der Waals surface area contributed by atoms with Gasteiger partial charge in [0.1, 0.15) is 6.10 Å². The van der Waals surface area contributed by atoms with Crippen LogP contribution in [0.2, 0.25) is 0 Å². The van der Waals surface area contributed by atoms with Gasteiger partial charge in [-0.05, 0) is 18.6 Å². The first-order valence-corrected chi connectivity index (χ1v) is 6.04. The highest BCUT2D eigenvalue weighted by Gasteiger charge is 2.31. The van der Waals surface area contributed by atoms with Gasteiger partial charge < -0.3 is 5.11 Å². The molecule has 0 radical (unpaired) electrons. The molecule has 16 heavy (non-hydrogen) atoms. The molecule has 0 saturated carbocycles. The van der Waals surface area contributed by atoms with Gasteiger partial charge in [0.2, 0.25) is 0 Å². The highest BCUT2D eigenvalue weighted by atomic mass is 35.5. The predicted molar refractivity (Wildman–Crippen MR) is 69.1 cm³/mol. The summed E-state index contributed by atoms with van der Waals surface area (Å²) in [6, 6.07) is 9.30. The van der Waals surface area contributed by atoms with Crippen molar-refractivity contribution in [1.29, 1.82) is 0 Å². The summed E-state index contributed by atoms with van der Waals surface area (Å²) in [6.45, 7) is 0. The Hall–Kier alpha value is -0.390. The van der Waals surface area contributed by atoms with E-state index >= 15 is 0 Å². The van der Waals surface area contributed by atoms with Gasteiger partial charge in [-0.3, -0.25) is 0 Å². The van der Waals surface area contributed by atoms with Crippen molar-refractivity contribution in [2.24, 2.45) is 0 Å². The summed E-state index contributed by atoms with van der Waals surface area (Å²) in [7, 11) is 0. The molecule has 0 spiro atoms. The molecule has 1 N–H and O–H groups in total. The summed E-state index contributed by atoms with van der Waals surface area (Å²) >= 11 is 17.3. The van der Waals surface area contributed by atoms with E-state index in [1.165, 1.54) is 0 Å². The Labute approximate surface area is 110 Å². The van der Waals surface area contributed by atoms with Crippen LogP contribution in [0.25, 0.3) is 0 Å². The lowest BCUT2D eigenvalue weighted by molar-refractivity contribution is 0.211. The molecule has 0 aliphatic carbocycles. The molecule has 0 bridgehead atoms. The normalized spacial score (nSPS) is 12.8. The van der Waals surface area contributed by atoms with Crippen LogP contribution in [0, 0.1) is 11.8 Å². The smallest absolute Gasteiger partial charge is 0.156 e. The van der Waals surface area contributed by atoms with Crippen LogP contribution in [0.15, 0.2) is 30.3 Å². The lowest BCUT2D eigenvalue weighted by atomic mass is 10.1. The Kier molecular flexibility index (Phi) is 5.44. The van der Waals surface area contributed by atoms with Gasteiger partial charge in [0.15, 0.2) is 4.33 Å². The Morgan fingerprint density at radius 2 is 1.88 bits per heavy atom. The molecule has 1 atom stereocenters. The monoisotopic (exact) mass is 276 g/mol. The molecule has 1 aromatic carbocycles. The number of aliphatic hydroxyl groups excluding tert-OH is 1. The van der Waals surface area contributed by atoms with Gasteiger partial charge in [-0.2, -0.15) is 0 Å². The van der Waals surface area contributed by atoms with E-state index in [1.54, 1.807) is 0 Å². The van der Waals surface area contributed by atoms with Crippen molar-refractivity contribution in [2.75, 3.05) is 5.88 Å². The third kappa shape index (κ3) is 4.23. The highest BCUT2D eigenvalue weighted by Crippen LogP contribution is 2.29. The van der Waals surface area contributed by atoms with E-state index in [-0.39, 0.29) is 12.3 Å². The van der Waals surface area contributed by atoms with E-state index < -0.39 is 10.4 Å². The van der Waals surface area contributed by atoms with E-state index in [1.807, 2.05) is 30.3 Å². The van der Waals surface area contributed by atoms with Crippen molar-refractivity contribution < 1.29 is 5.11 Å². The number of benzene rings is 1. The number of hydrogen-bond acceptors (Lipinski definition) is 1. The molecule has 4 heteroatoms. The van der Waals surface area contributed by atoms with Crippen LogP contribution in [-0.4, -0.2) is 21.4 Å². The minimum atomic E-state index is -1.32. The molecule has 0 unspecified atom stereocenters. The van der Waals surface area contributed by atoms with E-state index in [2.05, 4.69) is 11.8 Å². The number of aliphatic hydroxyl groups is 1. The van der Waals surface area contributed by atoms with Crippen LogP contribution in [0.3, 0.4) is 0 Å². The number of alkyl halides is 3. The fourth-order valence-electron chi connectivity index (χ4n) is 1.04. The highest BCUT2D eigenvalue weighted by molar-refractivity contribution is 6.49. The van der Waals surface area contributed by atoms with Crippen molar-refractivity contribution in [3.8, 4) is 11.8 Å². The molecule has 86 valence electrons. The van der Waals surface area contributed by atoms with Crippen molar-refractivity contribution in [1.82, 2.24) is 0 Å². The second-order valence-electron chi connectivity index (χ2n) is 3.24. The fourth-order valence-corrected chi connectivity index (χ4v) is 1.83. The molecule has 0 fully saturated rings.